The Morgan fingerprint density at radius 3 is 2.72 bits per heavy atom. The van der Waals surface area contributed by atoms with Crippen LogP contribution >= 0.6 is 0 Å². The van der Waals surface area contributed by atoms with E-state index in [1.165, 1.54) is 14.2 Å². The summed E-state index contributed by atoms with van der Waals surface area (Å²) in [5, 5.41) is 0. The molecule has 0 unspecified atom stereocenters. The van der Waals surface area contributed by atoms with Crippen LogP contribution in [0.5, 0.6) is 0 Å². The monoisotopic (exact) mass is 257 g/mol. The average Bonchev–Trinajstić information content (AvgIpc) is 2.77. The Hall–Kier alpha value is -1.40. The van der Waals surface area contributed by atoms with Gasteiger partial charge in [-0.1, -0.05) is 6.92 Å². The number of rotatable bonds is 8. The SMILES string of the molecule is CCCOCCc1nc(COC)c(C(=O)OC)o1. The zero-order valence-corrected chi connectivity index (χ0v) is 11.0. The number of hydrogen-bond donors (Lipinski definition) is 0. The van der Waals surface area contributed by atoms with Crippen molar-refractivity contribution in [2.45, 2.75) is 26.4 Å². The topological polar surface area (TPSA) is 70.8 Å². The van der Waals surface area contributed by atoms with Crippen molar-refractivity contribution in [1.82, 2.24) is 4.98 Å². The first-order valence-electron chi connectivity index (χ1n) is 5.86. The van der Waals surface area contributed by atoms with E-state index >= 15 is 0 Å². The second kappa shape index (κ2) is 7.84. The van der Waals surface area contributed by atoms with Crippen molar-refractivity contribution in [3.8, 4) is 0 Å². The fourth-order valence-electron chi connectivity index (χ4n) is 1.40. The van der Waals surface area contributed by atoms with Crippen molar-refractivity contribution in [2.75, 3.05) is 27.4 Å². The Morgan fingerprint density at radius 1 is 1.33 bits per heavy atom. The molecule has 0 spiro atoms. The van der Waals surface area contributed by atoms with Crippen LogP contribution in [-0.2, 0) is 27.2 Å². The second-order valence-electron chi connectivity index (χ2n) is 3.67. The third kappa shape index (κ3) is 4.12. The van der Waals surface area contributed by atoms with Gasteiger partial charge in [0.2, 0.25) is 5.76 Å². The number of aromatic nitrogens is 1. The van der Waals surface area contributed by atoms with E-state index in [4.69, 9.17) is 13.9 Å². The molecule has 1 aromatic heterocycles. The summed E-state index contributed by atoms with van der Waals surface area (Å²) in [6, 6.07) is 0. The van der Waals surface area contributed by atoms with Gasteiger partial charge >= 0.3 is 5.97 Å². The molecule has 6 heteroatoms. The van der Waals surface area contributed by atoms with Gasteiger partial charge in [-0.05, 0) is 6.42 Å². The molecule has 0 radical (unpaired) electrons. The molecule has 1 aromatic rings. The number of carbonyl (C=O) groups is 1. The van der Waals surface area contributed by atoms with E-state index in [9.17, 15) is 4.79 Å². The number of oxazole rings is 1. The van der Waals surface area contributed by atoms with Crippen LogP contribution in [0, 0.1) is 0 Å². The molecule has 0 saturated heterocycles. The third-order valence-electron chi connectivity index (χ3n) is 2.20. The molecule has 0 saturated carbocycles. The molecule has 1 rings (SSSR count). The molecule has 18 heavy (non-hydrogen) atoms. The molecule has 0 N–H and O–H groups in total. The summed E-state index contributed by atoms with van der Waals surface area (Å²) in [4.78, 5) is 15.7. The molecule has 0 aliphatic carbocycles. The molecular weight excluding hydrogens is 238 g/mol. The highest BCUT2D eigenvalue weighted by Gasteiger charge is 2.20. The first-order chi connectivity index (χ1) is 8.72. The minimum absolute atomic E-state index is 0.102. The second-order valence-corrected chi connectivity index (χ2v) is 3.67. The van der Waals surface area contributed by atoms with Gasteiger partial charge in [0.05, 0.1) is 20.3 Å². The summed E-state index contributed by atoms with van der Waals surface area (Å²) in [5.74, 6) is 0.0127. The Labute approximate surface area is 106 Å². The van der Waals surface area contributed by atoms with Gasteiger partial charge in [-0.25, -0.2) is 9.78 Å². The summed E-state index contributed by atoms with van der Waals surface area (Å²) >= 11 is 0. The number of ether oxygens (including phenoxy) is 3. The van der Waals surface area contributed by atoms with Crippen molar-refractivity contribution in [3.63, 3.8) is 0 Å². The lowest BCUT2D eigenvalue weighted by Crippen LogP contribution is -2.04. The summed E-state index contributed by atoms with van der Waals surface area (Å²) in [6.45, 7) is 3.47. The molecule has 0 aromatic carbocycles. The number of methoxy groups -OCH3 is 2. The van der Waals surface area contributed by atoms with E-state index in [0.29, 0.717) is 31.2 Å². The predicted molar refractivity (Wildman–Crippen MR) is 63.4 cm³/mol. The van der Waals surface area contributed by atoms with E-state index in [-0.39, 0.29) is 12.4 Å². The average molecular weight is 257 g/mol. The zero-order chi connectivity index (χ0) is 13.4. The summed E-state index contributed by atoms with van der Waals surface area (Å²) in [5.41, 5.74) is 0.454. The smallest absolute Gasteiger partial charge is 0.376 e. The molecule has 0 fully saturated rings. The molecule has 0 amide bonds. The zero-order valence-electron chi connectivity index (χ0n) is 11.0. The number of hydrogen-bond acceptors (Lipinski definition) is 6. The molecule has 1 heterocycles. The Morgan fingerprint density at radius 2 is 2.11 bits per heavy atom. The van der Waals surface area contributed by atoms with Crippen LogP contribution in [0.2, 0.25) is 0 Å². The maximum Gasteiger partial charge on any atom is 0.376 e. The van der Waals surface area contributed by atoms with E-state index < -0.39 is 5.97 Å². The van der Waals surface area contributed by atoms with E-state index in [2.05, 4.69) is 9.72 Å². The molecular formula is C12H19NO5. The number of carbonyl (C=O) groups excluding carboxylic acids is 1. The van der Waals surface area contributed by atoms with Crippen molar-refractivity contribution < 1.29 is 23.4 Å². The summed E-state index contributed by atoms with van der Waals surface area (Å²) < 4.78 is 20.3. The minimum Gasteiger partial charge on any atom is -0.463 e. The molecule has 0 atom stereocenters. The number of nitrogens with zero attached hydrogens (tertiary/aromatic N) is 1. The van der Waals surface area contributed by atoms with Crippen molar-refractivity contribution >= 4 is 5.97 Å². The van der Waals surface area contributed by atoms with Gasteiger partial charge in [-0.3, -0.25) is 0 Å². The fourth-order valence-corrected chi connectivity index (χ4v) is 1.40. The van der Waals surface area contributed by atoms with Gasteiger partial charge in [0, 0.05) is 20.1 Å². The van der Waals surface area contributed by atoms with Crippen LogP contribution in [-0.4, -0.2) is 38.4 Å². The summed E-state index contributed by atoms with van der Waals surface area (Å²) in [6.07, 6.45) is 1.49. The van der Waals surface area contributed by atoms with Crippen molar-refractivity contribution in [1.29, 1.82) is 0 Å². The fraction of sp³-hybridized carbons (Fsp3) is 0.667. The lowest BCUT2D eigenvalue weighted by atomic mass is 10.3. The van der Waals surface area contributed by atoms with Crippen molar-refractivity contribution in [3.05, 3.63) is 17.3 Å². The van der Waals surface area contributed by atoms with Gasteiger partial charge in [0.25, 0.3) is 0 Å². The first kappa shape index (κ1) is 14.7. The van der Waals surface area contributed by atoms with Crippen LogP contribution in [0.3, 0.4) is 0 Å². The van der Waals surface area contributed by atoms with Gasteiger partial charge in [0.15, 0.2) is 5.89 Å². The third-order valence-corrected chi connectivity index (χ3v) is 2.20. The highest BCUT2D eigenvalue weighted by atomic mass is 16.5. The van der Waals surface area contributed by atoms with Crippen LogP contribution in [0.25, 0.3) is 0 Å². The quantitative estimate of drug-likeness (QED) is 0.520. The van der Waals surface area contributed by atoms with E-state index in [0.717, 1.165) is 6.42 Å². The molecule has 0 aliphatic heterocycles. The molecule has 0 bridgehead atoms. The Bertz CT molecular complexity index is 375. The van der Waals surface area contributed by atoms with Crippen molar-refractivity contribution in [2.24, 2.45) is 0 Å². The highest BCUT2D eigenvalue weighted by molar-refractivity contribution is 5.87. The Balaban J connectivity index is 2.66. The highest BCUT2D eigenvalue weighted by Crippen LogP contribution is 2.14. The van der Waals surface area contributed by atoms with E-state index in [1.54, 1.807) is 0 Å². The largest absolute Gasteiger partial charge is 0.463 e. The van der Waals surface area contributed by atoms with Gasteiger partial charge in [0.1, 0.15) is 5.69 Å². The number of esters is 1. The van der Waals surface area contributed by atoms with Gasteiger partial charge < -0.3 is 18.6 Å². The van der Waals surface area contributed by atoms with Crippen LogP contribution in [0.15, 0.2) is 4.42 Å². The normalized spacial score (nSPS) is 10.6. The lowest BCUT2D eigenvalue weighted by Gasteiger charge is -1.98. The first-order valence-corrected chi connectivity index (χ1v) is 5.86. The predicted octanol–water partition coefficient (Wildman–Crippen LogP) is 1.58. The lowest BCUT2D eigenvalue weighted by molar-refractivity contribution is 0.0555. The molecule has 0 aliphatic rings. The molecule has 102 valence electrons. The van der Waals surface area contributed by atoms with Crippen LogP contribution in [0.4, 0.5) is 0 Å². The van der Waals surface area contributed by atoms with Gasteiger partial charge in [-0.15, -0.1) is 0 Å². The Kier molecular flexibility index (Phi) is 6.38. The van der Waals surface area contributed by atoms with Crippen LogP contribution < -0.4 is 0 Å². The standard InChI is InChI=1S/C12H19NO5/c1-4-6-17-7-5-10-13-9(8-15-2)11(18-10)12(14)16-3/h4-8H2,1-3H3. The van der Waals surface area contributed by atoms with E-state index in [1.807, 2.05) is 6.92 Å². The minimum atomic E-state index is -0.546. The molecule has 6 nitrogen and oxygen atoms in total. The van der Waals surface area contributed by atoms with Gasteiger partial charge in [-0.2, -0.15) is 0 Å². The maximum absolute atomic E-state index is 11.5. The maximum atomic E-state index is 11.5. The summed E-state index contributed by atoms with van der Waals surface area (Å²) in [7, 11) is 2.82. The van der Waals surface area contributed by atoms with Crippen LogP contribution in [0.1, 0.15) is 35.5 Å².